The van der Waals surface area contributed by atoms with E-state index in [9.17, 15) is 19.2 Å². The van der Waals surface area contributed by atoms with Crippen molar-refractivity contribution in [3.05, 3.63) is 35.4 Å². The Bertz CT molecular complexity index is 780. The van der Waals surface area contributed by atoms with Gasteiger partial charge in [-0.25, -0.2) is 4.79 Å². The van der Waals surface area contributed by atoms with E-state index in [2.05, 4.69) is 0 Å². The minimum Gasteiger partial charge on any atom is -0.451 e. The molecular formula is C22H28N2O5. The summed E-state index contributed by atoms with van der Waals surface area (Å²) in [5.74, 6) is -2.04. The summed E-state index contributed by atoms with van der Waals surface area (Å²) in [5, 5.41) is 0. The lowest BCUT2D eigenvalue weighted by Gasteiger charge is -2.35. The number of carbonyl (C=O) groups excluding carboxylic acids is 4. The van der Waals surface area contributed by atoms with Crippen LogP contribution in [0.1, 0.15) is 73.6 Å². The highest BCUT2D eigenvalue weighted by Gasteiger charge is 2.42. The second kappa shape index (κ2) is 8.76. The lowest BCUT2D eigenvalue weighted by molar-refractivity contribution is -0.163. The first-order valence-corrected chi connectivity index (χ1v) is 10.3. The van der Waals surface area contributed by atoms with Crippen LogP contribution in [0, 0.1) is 0 Å². The Labute approximate surface area is 171 Å². The highest BCUT2D eigenvalue weighted by molar-refractivity contribution is 6.22. The van der Waals surface area contributed by atoms with E-state index in [1.807, 2.05) is 6.92 Å². The molecule has 3 rings (SSSR count). The zero-order chi connectivity index (χ0) is 21.1. The van der Waals surface area contributed by atoms with Gasteiger partial charge in [0.05, 0.1) is 11.1 Å². The molecule has 1 aliphatic heterocycles. The Balaban J connectivity index is 1.65. The number of esters is 1. The molecule has 1 heterocycles. The van der Waals surface area contributed by atoms with Gasteiger partial charge in [0.15, 0.2) is 6.10 Å². The Morgan fingerprint density at radius 1 is 1.07 bits per heavy atom. The zero-order valence-corrected chi connectivity index (χ0v) is 17.2. The van der Waals surface area contributed by atoms with E-state index >= 15 is 0 Å². The van der Waals surface area contributed by atoms with Gasteiger partial charge in [0.2, 0.25) is 0 Å². The summed E-state index contributed by atoms with van der Waals surface area (Å²) in [6.45, 7) is 5.46. The first-order valence-electron chi connectivity index (χ1n) is 10.3. The number of likely N-dealkylation sites (N-methyl/N-ethyl adjacent to an activating group) is 1. The van der Waals surface area contributed by atoms with E-state index < -0.39 is 29.9 Å². The van der Waals surface area contributed by atoms with Crippen molar-refractivity contribution in [3.8, 4) is 0 Å². The Kier molecular flexibility index (Phi) is 6.35. The molecule has 0 unspecified atom stereocenters. The Morgan fingerprint density at radius 3 is 2.14 bits per heavy atom. The van der Waals surface area contributed by atoms with Crippen LogP contribution in [0.25, 0.3) is 0 Å². The topological polar surface area (TPSA) is 84.0 Å². The van der Waals surface area contributed by atoms with Crippen LogP contribution in [0.4, 0.5) is 0 Å². The van der Waals surface area contributed by atoms with E-state index in [-0.39, 0.29) is 23.1 Å². The second-order valence-corrected chi connectivity index (χ2v) is 7.70. The van der Waals surface area contributed by atoms with Gasteiger partial charge in [-0.1, -0.05) is 31.4 Å². The molecule has 0 radical (unpaired) electrons. The summed E-state index contributed by atoms with van der Waals surface area (Å²) in [6, 6.07) is 5.52. The number of fused-ring (bicyclic) bond motifs is 1. The third kappa shape index (κ3) is 4.04. The number of imide groups is 1. The minimum atomic E-state index is -1.11. The lowest BCUT2D eigenvalue weighted by atomic mass is 9.94. The fourth-order valence-electron chi connectivity index (χ4n) is 4.21. The average molecular weight is 400 g/mol. The molecular weight excluding hydrogens is 372 g/mol. The van der Waals surface area contributed by atoms with Crippen molar-refractivity contribution in [2.45, 2.75) is 71.1 Å². The number of amides is 3. The third-order valence-electron chi connectivity index (χ3n) is 5.83. The average Bonchev–Trinajstić information content (AvgIpc) is 2.99. The number of hydrogen-bond donors (Lipinski definition) is 0. The second-order valence-electron chi connectivity index (χ2n) is 7.70. The molecule has 0 spiro atoms. The van der Waals surface area contributed by atoms with E-state index in [1.54, 1.807) is 36.1 Å². The third-order valence-corrected chi connectivity index (χ3v) is 5.83. The van der Waals surface area contributed by atoms with Crippen LogP contribution in [0.5, 0.6) is 0 Å². The van der Waals surface area contributed by atoms with E-state index in [4.69, 9.17) is 4.74 Å². The standard InChI is InChI=1S/C22H28N2O5/c1-4-23(16-10-6-5-7-11-16)19(25)15(3)29-22(28)14(2)24-20(26)17-12-8-9-13-18(17)21(24)27/h8-9,12-16H,4-7,10-11H2,1-3H3/t14-,15+/m0/s1. The van der Waals surface area contributed by atoms with Gasteiger partial charge in [0.1, 0.15) is 6.04 Å². The summed E-state index contributed by atoms with van der Waals surface area (Å²) in [5.41, 5.74) is 0.548. The van der Waals surface area contributed by atoms with Gasteiger partial charge in [-0.15, -0.1) is 0 Å². The smallest absolute Gasteiger partial charge is 0.329 e. The first kappa shape index (κ1) is 21.0. The van der Waals surface area contributed by atoms with Crippen molar-refractivity contribution in [2.75, 3.05) is 6.54 Å². The van der Waals surface area contributed by atoms with Gasteiger partial charge in [0, 0.05) is 12.6 Å². The maximum absolute atomic E-state index is 12.9. The van der Waals surface area contributed by atoms with E-state index in [0.29, 0.717) is 6.54 Å². The fraction of sp³-hybridized carbons (Fsp3) is 0.545. The summed E-state index contributed by atoms with van der Waals surface area (Å²) in [6.07, 6.45) is 4.34. The van der Waals surface area contributed by atoms with Crippen molar-refractivity contribution in [3.63, 3.8) is 0 Å². The molecule has 0 N–H and O–H groups in total. The van der Waals surface area contributed by atoms with Gasteiger partial charge < -0.3 is 9.64 Å². The van der Waals surface area contributed by atoms with Crippen LogP contribution in [0.2, 0.25) is 0 Å². The highest BCUT2D eigenvalue weighted by Crippen LogP contribution is 2.26. The van der Waals surface area contributed by atoms with Gasteiger partial charge >= 0.3 is 5.97 Å². The summed E-state index contributed by atoms with van der Waals surface area (Å²) in [4.78, 5) is 53.3. The predicted molar refractivity (Wildman–Crippen MR) is 106 cm³/mol. The van der Waals surface area contributed by atoms with Crippen LogP contribution in [0.3, 0.4) is 0 Å². The van der Waals surface area contributed by atoms with Crippen LogP contribution in [-0.4, -0.2) is 58.2 Å². The monoisotopic (exact) mass is 400 g/mol. The summed E-state index contributed by atoms with van der Waals surface area (Å²) in [7, 11) is 0. The Morgan fingerprint density at radius 2 is 1.62 bits per heavy atom. The molecule has 3 amide bonds. The number of benzene rings is 1. The molecule has 1 aromatic carbocycles. The molecule has 1 saturated carbocycles. The lowest BCUT2D eigenvalue weighted by Crippen LogP contribution is -2.49. The van der Waals surface area contributed by atoms with Gasteiger partial charge in [0.25, 0.3) is 17.7 Å². The van der Waals surface area contributed by atoms with E-state index in [0.717, 1.165) is 30.6 Å². The Hall–Kier alpha value is -2.70. The quantitative estimate of drug-likeness (QED) is 0.542. The SMILES string of the molecule is CCN(C(=O)[C@@H](C)OC(=O)[C@H](C)N1C(=O)c2ccccc2C1=O)C1CCCCC1. The molecule has 1 aliphatic carbocycles. The van der Waals surface area contributed by atoms with Crippen LogP contribution < -0.4 is 0 Å². The maximum atomic E-state index is 12.9. The summed E-state index contributed by atoms with van der Waals surface area (Å²) < 4.78 is 5.38. The number of nitrogens with zero attached hydrogens (tertiary/aromatic N) is 2. The molecule has 29 heavy (non-hydrogen) atoms. The molecule has 2 atom stereocenters. The largest absolute Gasteiger partial charge is 0.451 e. The number of carbonyl (C=O) groups is 4. The highest BCUT2D eigenvalue weighted by atomic mass is 16.5. The van der Waals surface area contributed by atoms with Crippen molar-refractivity contribution in [1.82, 2.24) is 9.80 Å². The molecule has 0 aromatic heterocycles. The molecule has 2 aliphatic rings. The molecule has 7 nitrogen and oxygen atoms in total. The number of ether oxygens (including phenoxy) is 1. The molecule has 1 aromatic rings. The minimum absolute atomic E-state index is 0.177. The van der Waals surface area contributed by atoms with Crippen molar-refractivity contribution < 1.29 is 23.9 Å². The number of hydrogen-bond acceptors (Lipinski definition) is 5. The van der Waals surface area contributed by atoms with Gasteiger partial charge in [-0.05, 0) is 45.7 Å². The van der Waals surface area contributed by atoms with Crippen LogP contribution >= 0.6 is 0 Å². The molecule has 0 bridgehead atoms. The van der Waals surface area contributed by atoms with Gasteiger partial charge in [-0.2, -0.15) is 0 Å². The molecule has 0 saturated heterocycles. The normalized spacial score (nSPS) is 18.9. The van der Waals surface area contributed by atoms with Crippen molar-refractivity contribution >= 4 is 23.7 Å². The van der Waals surface area contributed by atoms with E-state index in [1.165, 1.54) is 13.3 Å². The van der Waals surface area contributed by atoms with Gasteiger partial charge in [-0.3, -0.25) is 19.3 Å². The summed E-state index contributed by atoms with van der Waals surface area (Å²) >= 11 is 0. The zero-order valence-electron chi connectivity index (χ0n) is 17.2. The fourth-order valence-corrected chi connectivity index (χ4v) is 4.21. The molecule has 156 valence electrons. The molecule has 1 fully saturated rings. The first-order chi connectivity index (χ1) is 13.9. The van der Waals surface area contributed by atoms with Crippen LogP contribution in [0.15, 0.2) is 24.3 Å². The predicted octanol–water partition coefficient (Wildman–Crippen LogP) is 2.78. The van der Waals surface area contributed by atoms with Crippen molar-refractivity contribution in [1.29, 1.82) is 0 Å². The van der Waals surface area contributed by atoms with Crippen molar-refractivity contribution in [2.24, 2.45) is 0 Å². The molecule has 7 heteroatoms. The number of rotatable bonds is 6. The van der Waals surface area contributed by atoms with Crippen LogP contribution in [-0.2, 0) is 14.3 Å². The maximum Gasteiger partial charge on any atom is 0.329 e.